The van der Waals surface area contributed by atoms with Crippen molar-refractivity contribution in [2.24, 2.45) is 0 Å². The molecule has 0 saturated carbocycles. The SMILES string of the molecule is O=C(CCCl)c1ccc(CF)cc1Br. The molecule has 0 atom stereocenters. The van der Waals surface area contributed by atoms with Crippen molar-refractivity contribution in [3.63, 3.8) is 0 Å². The number of hydrogen-bond donors (Lipinski definition) is 0. The van der Waals surface area contributed by atoms with Crippen molar-refractivity contribution in [1.82, 2.24) is 0 Å². The maximum atomic E-state index is 12.3. The van der Waals surface area contributed by atoms with Crippen LogP contribution >= 0.6 is 27.5 Å². The Morgan fingerprint density at radius 3 is 2.71 bits per heavy atom. The van der Waals surface area contributed by atoms with E-state index < -0.39 is 6.67 Å². The maximum absolute atomic E-state index is 12.3. The van der Waals surface area contributed by atoms with Crippen molar-refractivity contribution < 1.29 is 9.18 Å². The zero-order valence-electron chi connectivity index (χ0n) is 7.40. The molecule has 0 saturated heterocycles. The van der Waals surface area contributed by atoms with Gasteiger partial charge in [-0.2, -0.15) is 0 Å². The topological polar surface area (TPSA) is 17.1 Å². The van der Waals surface area contributed by atoms with Gasteiger partial charge in [0.15, 0.2) is 5.78 Å². The second kappa shape index (κ2) is 5.47. The lowest BCUT2D eigenvalue weighted by atomic mass is 10.1. The molecule has 0 amide bonds. The Labute approximate surface area is 95.4 Å². The van der Waals surface area contributed by atoms with Gasteiger partial charge in [0.2, 0.25) is 0 Å². The van der Waals surface area contributed by atoms with Gasteiger partial charge in [0.25, 0.3) is 0 Å². The lowest BCUT2D eigenvalue weighted by molar-refractivity contribution is 0.0988. The molecule has 14 heavy (non-hydrogen) atoms. The molecule has 1 nitrogen and oxygen atoms in total. The minimum absolute atomic E-state index is 0.0303. The van der Waals surface area contributed by atoms with Gasteiger partial charge < -0.3 is 0 Å². The highest BCUT2D eigenvalue weighted by Crippen LogP contribution is 2.20. The van der Waals surface area contributed by atoms with Gasteiger partial charge in [-0.05, 0) is 17.7 Å². The first-order chi connectivity index (χ1) is 6.69. The van der Waals surface area contributed by atoms with E-state index in [1.54, 1.807) is 18.2 Å². The van der Waals surface area contributed by atoms with Crippen molar-refractivity contribution in [1.29, 1.82) is 0 Å². The van der Waals surface area contributed by atoms with E-state index in [9.17, 15) is 9.18 Å². The summed E-state index contributed by atoms with van der Waals surface area (Å²) in [5.41, 5.74) is 1.11. The number of carbonyl (C=O) groups is 1. The number of rotatable bonds is 4. The van der Waals surface area contributed by atoms with Crippen LogP contribution < -0.4 is 0 Å². The summed E-state index contributed by atoms with van der Waals surface area (Å²) in [7, 11) is 0. The van der Waals surface area contributed by atoms with E-state index >= 15 is 0 Å². The van der Waals surface area contributed by atoms with Crippen LogP contribution in [-0.2, 0) is 6.67 Å². The minimum Gasteiger partial charge on any atom is -0.294 e. The molecule has 0 N–H and O–H groups in total. The van der Waals surface area contributed by atoms with Crippen LogP contribution in [0.2, 0.25) is 0 Å². The molecule has 76 valence electrons. The van der Waals surface area contributed by atoms with Gasteiger partial charge in [-0.25, -0.2) is 4.39 Å². The number of alkyl halides is 2. The molecule has 0 aliphatic carbocycles. The molecule has 0 spiro atoms. The predicted molar refractivity (Wildman–Crippen MR) is 58.6 cm³/mol. The standard InChI is InChI=1S/C10H9BrClFO/c11-9-5-7(6-13)1-2-8(9)10(14)3-4-12/h1-2,5H,3-4,6H2. The van der Waals surface area contributed by atoms with Crippen LogP contribution in [0.3, 0.4) is 0 Å². The highest BCUT2D eigenvalue weighted by molar-refractivity contribution is 9.10. The number of ketones is 1. The van der Waals surface area contributed by atoms with E-state index in [4.69, 9.17) is 11.6 Å². The zero-order chi connectivity index (χ0) is 10.6. The molecular formula is C10H9BrClFO. The molecule has 0 bridgehead atoms. The quantitative estimate of drug-likeness (QED) is 0.606. The first-order valence-corrected chi connectivity index (χ1v) is 5.45. The molecular weight excluding hydrogens is 270 g/mol. The third kappa shape index (κ3) is 2.79. The highest BCUT2D eigenvalue weighted by Gasteiger charge is 2.09. The van der Waals surface area contributed by atoms with E-state index in [2.05, 4.69) is 15.9 Å². The molecule has 0 unspecified atom stereocenters. The number of halogens is 3. The summed E-state index contributed by atoms with van der Waals surface area (Å²) < 4.78 is 12.9. The first kappa shape index (κ1) is 11.7. The Hall–Kier alpha value is -0.410. The van der Waals surface area contributed by atoms with Crippen LogP contribution in [0.25, 0.3) is 0 Å². The second-order valence-electron chi connectivity index (χ2n) is 2.81. The number of hydrogen-bond acceptors (Lipinski definition) is 1. The summed E-state index contributed by atoms with van der Waals surface area (Å²) in [6.45, 7) is -0.525. The molecule has 1 rings (SSSR count). The monoisotopic (exact) mass is 278 g/mol. The summed E-state index contributed by atoms with van der Waals surface area (Å²) in [4.78, 5) is 11.5. The van der Waals surface area contributed by atoms with Gasteiger partial charge in [0.05, 0.1) is 0 Å². The highest BCUT2D eigenvalue weighted by atomic mass is 79.9. The van der Waals surface area contributed by atoms with Crippen molar-refractivity contribution in [2.45, 2.75) is 13.1 Å². The van der Waals surface area contributed by atoms with Crippen molar-refractivity contribution in [3.05, 3.63) is 33.8 Å². The van der Waals surface area contributed by atoms with Crippen LogP contribution in [0.4, 0.5) is 4.39 Å². The van der Waals surface area contributed by atoms with Crippen LogP contribution in [0.15, 0.2) is 22.7 Å². The lowest BCUT2D eigenvalue weighted by Gasteiger charge is -2.03. The Kier molecular flexibility index (Phi) is 4.55. The summed E-state index contributed by atoms with van der Waals surface area (Å²) in [5, 5.41) is 0. The molecule has 1 aromatic rings. The average molecular weight is 280 g/mol. The van der Waals surface area contributed by atoms with Gasteiger partial charge in [-0.3, -0.25) is 4.79 Å². The largest absolute Gasteiger partial charge is 0.294 e. The normalized spacial score (nSPS) is 10.2. The van der Waals surface area contributed by atoms with Crippen molar-refractivity contribution in [2.75, 3.05) is 5.88 Å². The molecule has 0 fully saturated rings. The number of Topliss-reactive ketones (excluding diaryl/α,β-unsaturated/α-hetero) is 1. The Morgan fingerprint density at radius 1 is 1.50 bits per heavy atom. The fraction of sp³-hybridized carbons (Fsp3) is 0.300. The summed E-state index contributed by atoms with van der Waals surface area (Å²) in [5.74, 6) is 0.271. The Bertz CT molecular complexity index is 341. The summed E-state index contributed by atoms with van der Waals surface area (Å²) in [6.07, 6.45) is 0.301. The van der Waals surface area contributed by atoms with Crippen molar-refractivity contribution in [3.8, 4) is 0 Å². The first-order valence-electron chi connectivity index (χ1n) is 4.12. The molecule has 4 heteroatoms. The number of benzene rings is 1. The van der Waals surface area contributed by atoms with Gasteiger partial charge in [0, 0.05) is 22.3 Å². The maximum Gasteiger partial charge on any atom is 0.165 e. The fourth-order valence-electron chi connectivity index (χ4n) is 1.09. The molecule has 0 aliphatic rings. The molecule has 0 aliphatic heterocycles. The van der Waals surface area contributed by atoms with Crippen molar-refractivity contribution >= 4 is 33.3 Å². The fourth-order valence-corrected chi connectivity index (χ4v) is 1.91. The summed E-state index contributed by atoms with van der Waals surface area (Å²) >= 11 is 8.69. The zero-order valence-corrected chi connectivity index (χ0v) is 9.74. The minimum atomic E-state index is -0.525. The van der Waals surface area contributed by atoms with Crippen LogP contribution in [0.1, 0.15) is 22.3 Å². The van der Waals surface area contributed by atoms with E-state index in [0.717, 1.165) is 0 Å². The van der Waals surface area contributed by atoms with Gasteiger partial charge in [-0.15, -0.1) is 11.6 Å². The number of carbonyl (C=O) groups excluding carboxylic acids is 1. The molecule has 0 aromatic heterocycles. The predicted octanol–water partition coefficient (Wildman–Crippen LogP) is 3.73. The van der Waals surface area contributed by atoms with E-state index in [-0.39, 0.29) is 5.78 Å². The third-order valence-electron chi connectivity index (χ3n) is 1.81. The molecule has 1 aromatic carbocycles. The molecule has 0 radical (unpaired) electrons. The van der Waals surface area contributed by atoms with Crippen LogP contribution in [-0.4, -0.2) is 11.7 Å². The smallest absolute Gasteiger partial charge is 0.165 e. The van der Waals surface area contributed by atoms with Gasteiger partial charge in [-0.1, -0.05) is 22.0 Å². The summed E-state index contributed by atoms with van der Waals surface area (Å²) in [6, 6.07) is 4.83. The van der Waals surface area contributed by atoms with E-state index in [1.807, 2.05) is 0 Å². The van der Waals surface area contributed by atoms with Gasteiger partial charge in [0.1, 0.15) is 6.67 Å². The van der Waals surface area contributed by atoms with E-state index in [1.165, 1.54) is 0 Å². The van der Waals surface area contributed by atoms with Crippen LogP contribution in [0.5, 0.6) is 0 Å². The average Bonchev–Trinajstić information content (AvgIpc) is 2.17. The molecule has 0 heterocycles. The Balaban J connectivity index is 2.94. The van der Waals surface area contributed by atoms with Gasteiger partial charge >= 0.3 is 0 Å². The van der Waals surface area contributed by atoms with E-state index in [0.29, 0.717) is 27.9 Å². The lowest BCUT2D eigenvalue weighted by Crippen LogP contribution is -2.01. The second-order valence-corrected chi connectivity index (χ2v) is 4.04. The third-order valence-corrected chi connectivity index (χ3v) is 2.65. The van der Waals surface area contributed by atoms with Crippen LogP contribution in [0, 0.1) is 0 Å². The Morgan fingerprint density at radius 2 is 2.21 bits per heavy atom.